The van der Waals surface area contributed by atoms with Crippen LogP contribution in [0.4, 0.5) is 13.2 Å². The highest BCUT2D eigenvalue weighted by molar-refractivity contribution is 5.16. The van der Waals surface area contributed by atoms with Crippen LogP contribution in [-0.2, 0) is 5.60 Å². The van der Waals surface area contributed by atoms with Gasteiger partial charge < -0.3 is 15.4 Å². The predicted octanol–water partition coefficient (Wildman–Crippen LogP) is 0.692. The first-order valence-corrected chi connectivity index (χ1v) is 3.74. The molecular formula is C7H9F3N2O2. The Kier molecular flexibility index (Phi) is 2.55. The highest BCUT2D eigenvalue weighted by Gasteiger charge is 2.56. The SMILES string of the molecule is Cc1cc(C(O)(CN)C(F)(F)F)no1. The number of nitrogens with zero attached hydrogens (tertiary/aromatic N) is 1. The van der Waals surface area contributed by atoms with Gasteiger partial charge in [0.15, 0.2) is 0 Å². The van der Waals surface area contributed by atoms with E-state index in [0.29, 0.717) is 0 Å². The maximum atomic E-state index is 12.4. The third-order valence-corrected chi connectivity index (χ3v) is 1.82. The van der Waals surface area contributed by atoms with E-state index in [9.17, 15) is 18.3 Å². The topological polar surface area (TPSA) is 72.3 Å². The Balaban J connectivity index is 3.14. The second kappa shape index (κ2) is 3.25. The Morgan fingerprint density at radius 3 is 2.43 bits per heavy atom. The molecule has 0 fully saturated rings. The molecule has 1 atom stereocenters. The van der Waals surface area contributed by atoms with E-state index in [-0.39, 0.29) is 5.76 Å². The maximum Gasteiger partial charge on any atom is 0.424 e. The minimum atomic E-state index is -4.87. The molecule has 0 aliphatic carbocycles. The van der Waals surface area contributed by atoms with Crippen LogP contribution in [0, 0.1) is 6.92 Å². The van der Waals surface area contributed by atoms with Crippen LogP contribution in [0.3, 0.4) is 0 Å². The van der Waals surface area contributed by atoms with Gasteiger partial charge in [-0.05, 0) is 6.92 Å². The van der Waals surface area contributed by atoms with Crippen LogP contribution in [0.25, 0.3) is 0 Å². The van der Waals surface area contributed by atoms with Crippen molar-refractivity contribution in [3.63, 3.8) is 0 Å². The summed E-state index contributed by atoms with van der Waals surface area (Å²) in [5.41, 5.74) is 1.13. The number of aromatic nitrogens is 1. The standard InChI is InChI=1S/C7H9F3N2O2/c1-4-2-5(12-14-4)6(13,3-11)7(8,9)10/h2,13H,3,11H2,1H3. The highest BCUT2D eigenvalue weighted by atomic mass is 19.4. The Morgan fingerprint density at radius 1 is 1.57 bits per heavy atom. The second-order valence-corrected chi connectivity index (χ2v) is 2.88. The van der Waals surface area contributed by atoms with E-state index in [1.54, 1.807) is 0 Å². The summed E-state index contributed by atoms with van der Waals surface area (Å²) in [6.45, 7) is 0.423. The molecule has 1 rings (SSSR count). The molecular weight excluding hydrogens is 201 g/mol. The number of aryl methyl sites for hydroxylation is 1. The first-order chi connectivity index (χ1) is 6.31. The molecule has 0 amide bonds. The lowest BCUT2D eigenvalue weighted by atomic mass is 9.99. The molecule has 80 valence electrons. The number of alkyl halides is 3. The largest absolute Gasteiger partial charge is 0.424 e. The van der Waals surface area contributed by atoms with Gasteiger partial charge in [-0.15, -0.1) is 0 Å². The van der Waals surface area contributed by atoms with Crippen LogP contribution in [0.5, 0.6) is 0 Å². The van der Waals surface area contributed by atoms with Crippen LogP contribution in [0.2, 0.25) is 0 Å². The molecule has 1 aromatic heterocycles. The quantitative estimate of drug-likeness (QED) is 0.753. The lowest BCUT2D eigenvalue weighted by Gasteiger charge is -2.26. The lowest BCUT2D eigenvalue weighted by molar-refractivity contribution is -0.264. The molecule has 1 aromatic rings. The zero-order valence-corrected chi connectivity index (χ0v) is 7.30. The van der Waals surface area contributed by atoms with Crippen LogP contribution < -0.4 is 5.73 Å². The molecule has 1 heterocycles. The van der Waals surface area contributed by atoms with E-state index >= 15 is 0 Å². The van der Waals surface area contributed by atoms with Gasteiger partial charge in [-0.1, -0.05) is 5.16 Å². The van der Waals surface area contributed by atoms with Crippen LogP contribution >= 0.6 is 0 Å². The molecule has 1 unspecified atom stereocenters. The molecule has 0 aliphatic heterocycles. The van der Waals surface area contributed by atoms with E-state index in [1.165, 1.54) is 6.92 Å². The van der Waals surface area contributed by atoms with Crippen molar-refractivity contribution in [3.8, 4) is 0 Å². The summed E-state index contributed by atoms with van der Waals surface area (Å²) in [7, 11) is 0. The summed E-state index contributed by atoms with van der Waals surface area (Å²) >= 11 is 0. The Hall–Kier alpha value is -1.08. The van der Waals surface area contributed by atoms with E-state index in [1.807, 2.05) is 0 Å². The van der Waals surface area contributed by atoms with Crippen molar-refractivity contribution in [2.24, 2.45) is 5.73 Å². The molecule has 14 heavy (non-hydrogen) atoms. The maximum absolute atomic E-state index is 12.4. The van der Waals surface area contributed by atoms with Gasteiger partial charge in [-0.25, -0.2) is 0 Å². The fraction of sp³-hybridized carbons (Fsp3) is 0.571. The fourth-order valence-corrected chi connectivity index (χ4v) is 0.927. The van der Waals surface area contributed by atoms with Crippen LogP contribution in [0.1, 0.15) is 11.5 Å². The van der Waals surface area contributed by atoms with Gasteiger partial charge in [0.25, 0.3) is 0 Å². The van der Waals surface area contributed by atoms with Gasteiger partial charge >= 0.3 is 6.18 Å². The van der Waals surface area contributed by atoms with Crippen molar-refractivity contribution >= 4 is 0 Å². The molecule has 0 aliphatic rings. The van der Waals surface area contributed by atoms with Crippen molar-refractivity contribution in [1.82, 2.24) is 5.16 Å². The number of hydrogen-bond donors (Lipinski definition) is 2. The average molecular weight is 210 g/mol. The predicted molar refractivity (Wildman–Crippen MR) is 40.2 cm³/mol. The monoisotopic (exact) mass is 210 g/mol. The zero-order chi connectivity index (χ0) is 11.0. The molecule has 0 bridgehead atoms. The Morgan fingerprint density at radius 2 is 2.14 bits per heavy atom. The normalized spacial score (nSPS) is 16.7. The summed E-state index contributed by atoms with van der Waals surface area (Å²) < 4.78 is 41.6. The number of rotatable bonds is 2. The third kappa shape index (κ3) is 1.60. The molecule has 3 N–H and O–H groups in total. The van der Waals surface area contributed by atoms with E-state index < -0.39 is 24.0 Å². The number of nitrogens with two attached hydrogens (primary N) is 1. The molecule has 0 aromatic carbocycles. The summed E-state index contributed by atoms with van der Waals surface area (Å²) in [6, 6.07) is 1.00. The van der Waals surface area contributed by atoms with Gasteiger partial charge in [0.05, 0.1) is 0 Å². The number of hydrogen-bond acceptors (Lipinski definition) is 4. The third-order valence-electron chi connectivity index (χ3n) is 1.82. The van der Waals surface area contributed by atoms with Crippen molar-refractivity contribution < 1.29 is 22.8 Å². The summed E-state index contributed by atoms with van der Waals surface area (Å²) in [5.74, 6) is 0.177. The van der Waals surface area contributed by atoms with E-state index in [0.717, 1.165) is 6.07 Å². The van der Waals surface area contributed by atoms with Crippen LogP contribution in [-0.4, -0.2) is 23.0 Å². The summed E-state index contributed by atoms with van der Waals surface area (Å²) in [6.07, 6.45) is -4.87. The first-order valence-electron chi connectivity index (χ1n) is 3.74. The Labute approximate surface area is 77.5 Å². The average Bonchev–Trinajstić information content (AvgIpc) is 2.48. The molecule has 0 radical (unpaired) electrons. The molecule has 4 nitrogen and oxygen atoms in total. The number of halogens is 3. The summed E-state index contributed by atoms with van der Waals surface area (Å²) in [4.78, 5) is 0. The molecule has 0 spiro atoms. The van der Waals surface area contributed by atoms with Crippen molar-refractivity contribution in [1.29, 1.82) is 0 Å². The molecule has 7 heteroatoms. The number of aliphatic hydroxyl groups is 1. The minimum absolute atomic E-state index is 0.177. The zero-order valence-electron chi connectivity index (χ0n) is 7.30. The molecule has 0 saturated carbocycles. The Bertz CT molecular complexity index is 323. The van der Waals surface area contributed by atoms with Gasteiger partial charge in [0.2, 0.25) is 5.60 Å². The van der Waals surface area contributed by atoms with Crippen LogP contribution in [0.15, 0.2) is 10.6 Å². The fourth-order valence-electron chi connectivity index (χ4n) is 0.927. The summed E-state index contributed by atoms with van der Waals surface area (Å²) in [5, 5.41) is 12.4. The minimum Gasteiger partial charge on any atom is -0.374 e. The van der Waals surface area contributed by atoms with Gasteiger partial charge in [0.1, 0.15) is 11.5 Å². The second-order valence-electron chi connectivity index (χ2n) is 2.88. The lowest BCUT2D eigenvalue weighted by Crippen LogP contribution is -2.48. The van der Waals surface area contributed by atoms with Crippen molar-refractivity contribution in [2.75, 3.05) is 6.54 Å². The first kappa shape index (κ1) is 11.0. The van der Waals surface area contributed by atoms with E-state index in [2.05, 4.69) is 9.68 Å². The molecule has 0 saturated heterocycles. The van der Waals surface area contributed by atoms with Crippen molar-refractivity contribution in [2.45, 2.75) is 18.7 Å². The smallest absolute Gasteiger partial charge is 0.374 e. The van der Waals surface area contributed by atoms with Crippen molar-refractivity contribution in [3.05, 3.63) is 17.5 Å². The van der Waals surface area contributed by atoms with Gasteiger partial charge in [-0.3, -0.25) is 0 Å². The van der Waals surface area contributed by atoms with Gasteiger partial charge in [0, 0.05) is 12.6 Å². The highest BCUT2D eigenvalue weighted by Crippen LogP contribution is 2.37. The van der Waals surface area contributed by atoms with E-state index in [4.69, 9.17) is 5.73 Å². The van der Waals surface area contributed by atoms with Gasteiger partial charge in [-0.2, -0.15) is 13.2 Å².